The van der Waals surface area contributed by atoms with Gasteiger partial charge >= 0.3 is 0 Å². The third kappa shape index (κ3) is 6.67. The van der Waals surface area contributed by atoms with Crippen LogP contribution in [0.25, 0.3) is 12.7 Å². The van der Waals surface area contributed by atoms with E-state index in [4.69, 9.17) is 5.41 Å². The maximum Gasteiger partial charge on any atom is 0.0183 e. The van der Waals surface area contributed by atoms with Gasteiger partial charge in [0.15, 0.2) is 0 Å². The van der Waals surface area contributed by atoms with E-state index in [-0.39, 0.29) is 0 Å². The predicted molar refractivity (Wildman–Crippen MR) is 71.9 cm³/mol. The lowest BCUT2D eigenvalue weighted by molar-refractivity contribution is 1.41. The highest BCUT2D eigenvalue weighted by Gasteiger charge is 1.82. The number of nitrogens with one attached hydrogen (secondary N) is 1. The molecule has 0 saturated heterocycles. The number of hydrogen-bond acceptors (Lipinski definition) is 1. The number of hydrogen-bond donors (Lipinski definition) is 1. The van der Waals surface area contributed by atoms with Gasteiger partial charge in [0.25, 0.3) is 0 Å². The standard InChI is InChI=1S/C10H11N.2C2H6/c1-8-3-4-9(2)10(7-8)5-6-11;2*1-2/h3-7,11H,2H2,1H3;2*1-2H3/b10-5-,11-6?;;. The largest absolute Gasteiger partial charge is 0.309 e. The normalized spacial score (nSPS) is 9.27. The van der Waals surface area contributed by atoms with Crippen LogP contribution >= 0.6 is 0 Å². The van der Waals surface area contributed by atoms with Crippen molar-refractivity contribution < 1.29 is 0 Å². The van der Waals surface area contributed by atoms with Gasteiger partial charge in [-0.25, -0.2) is 0 Å². The van der Waals surface area contributed by atoms with Gasteiger partial charge in [-0.3, -0.25) is 0 Å². The summed E-state index contributed by atoms with van der Waals surface area (Å²) in [5.74, 6) is 0. The Morgan fingerprint density at radius 1 is 1.13 bits per heavy atom. The quantitative estimate of drug-likeness (QED) is 0.682. The Hall–Kier alpha value is -1.37. The molecule has 0 bridgehead atoms. The zero-order valence-corrected chi connectivity index (χ0v) is 10.6. The highest BCUT2D eigenvalue weighted by atomic mass is 14.3. The van der Waals surface area contributed by atoms with Gasteiger partial charge in [0.1, 0.15) is 0 Å². The van der Waals surface area contributed by atoms with Crippen molar-refractivity contribution >= 4 is 18.9 Å². The van der Waals surface area contributed by atoms with Crippen LogP contribution in [0.4, 0.5) is 0 Å². The van der Waals surface area contributed by atoms with Gasteiger partial charge in [-0.1, -0.05) is 58.0 Å². The van der Waals surface area contributed by atoms with Crippen LogP contribution in [-0.2, 0) is 0 Å². The summed E-state index contributed by atoms with van der Waals surface area (Å²) in [6.45, 7) is 13.9. The SMILES string of the molecule is C=c1ccc(C)c/c1=C/C=N.CC.CC. The molecular weight excluding hydrogens is 182 g/mol. The average molecular weight is 205 g/mol. The van der Waals surface area contributed by atoms with Crippen LogP contribution in [0.5, 0.6) is 0 Å². The average Bonchev–Trinajstić information content (AvgIpc) is 2.29. The molecule has 1 nitrogen and oxygen atoms in total. The van der Waals surface area contributed by atoms with E-state index in [0.29, 0.717) is 0 Å². The van der Waals surface area contributed by atoms with Gasteiger partial charge in [-0.15, -0.1) is 0 Å². The van der Waals surface area contributed by atoms with Gasteiger partial charge in [-0.05, 0) is 23.4 Å². The third-order valence-electron chi connectivity index (χ3n) is 1.56. The maximum absolute atomic E-state index is 6.90. The fourth-order valence-electron chi connectivity index (χ4n) is 0.959. The summed E-state index contributed by atoms with van der Waals surface area (Å²) in [6, 6.07) is 6.00. The molecule has 0 aliphatic heterocycles. The van der Waals surface area contributed by atoms with E-state index in [9.17, 15) is 0 Å². The van der Waals surface area contributed by atoms with Crippen LogP contribution < -0.4 is 10.4 Å². The van der Waals surface area contributed by atoms with Crippen molar-refractivity contribution in [1.82, 2.24) is 0 Å². The summed E-state index contributed by atoms with van der Waals surface area (Å²) < 4.78 is 0. The Balaban J connectivity index is 0. The van der Waals surface area contributed by atoms with Gasteiger partial charge < -0.3 is 5.41 Å². The minimum absolute atomic E-state index is 0.971. The maximum atomic E-state index is 6.90. The Labute approximate surface area is 93.7 Å². The number of benzene rings is 1. The van der Waals surface area contributed by atoms with E-state index < -0.39 is 0 Å². The second-order valence-corrected chi connectivity index (χ2v) is 2.54. The summed E-state index contributed by atoms with van der Waals surface area (Å²) in [4.78, 5) is 0. The minimum Gasteiger partial charge on any atom is -0.309 e. The van der Waals surface area contributed by atoms with E-state index in [0.717, 1.165) is 10.4 Å². The van der Waals surface area contributed by atoms with Gasteiger partial charge in [-0.2, -0.15) is 0 Å². The summed E-state index contributed by atoms with van der Waals surface area (Å²) >= 11 is 0. The third-order valence-corrected chi connectivity index (χ3v) is 1.56. The van der Waals surface area contributed by atoms with Crippen molar-refractivity contribution in [3.8, 4) is 0 Å². The van der Waals surface area contributed by atoms with Crippen molar-refractivity contribution in [2.75, 3.05) is 0 Å². The van der Waals surface area contributed by atoms with Crippen molar-refractivity contribution in [1.29, 1.82) is 5.41 Å². The van der Waals surface area contributed by atoms with Gasteiger partial charge in [0.05, 0.1) is 0 Å². The second-order valence-electron chi connectivity index (χ2n) is 2.54. The van der Waals surface area contributed by atoms with Crippen molar-refractivity contribution in [3.63, 3.8) is 0 Å². The lowest BCUT2D eigenvalue weighted by Crippen LogP contribution is -2.22. The summed E-state index contributed by atoms with van der Waals surface area (Å²) in [6.07, 6.45) is 3.03. The monoisotopic (exact) mass is 205 g/mol. The number of aryl methyl sites for hydroxylation is 1. The van der Waals surface area contributed by atoms with E-state index in [1.165, 1.54) is 11.8 Å². The van der Waals surface area contributed by atoms with Crippen LogP contribution in [0.15, 0.2) is 18.2 Å². The zero-order valence-electron chi connectivity index (χ0n) is 10.6. The van der Waals surface area contributed by atoms with E-state index in [2.05, 4.69) is 6.58 Å². The first-order valence-corrected chi connectivity index (χ1v) is 5.50. The molecule has 1 heteroatoms. The van der Waals surface area contributed by atoms with E-state index in [1.807, 2.05) is 52.8 Å². The van der Waals surface area contributed by atoms with Gasteiger partial charge in [0.2, 0.25) is 0 Å². The molecule has 0 amide bonds. The Kier molecular flexibility index (Phi) is 11.5. The first-order chi connectivity index (χ1) is 7.24. The molecule has 0 aliphatic carbocycles. The summed E-state index contributed by atoms with van der Waals surface area (Å²) in [7, 11) is 0. The smallest absolute Gasteiger partial charge is 0.0183 e. The highest BCUT2D eigenvalue weighted by molar-refractivity contribution is 5.88. The fraction of sp³-hybridized carbons (Fsp3) is 0.357. The Morgan fingerprint density at radius 2 is 1.67 bits per heavy atom. The Bertz CT molecular complexity index is 363. The highest BCUT2D eigenvalue weighted by Crippen LogP contribution is 1.84. The topological polar surface area (TPSA) is 23.9 Å². The van der Waals surface area contributed by atoms with Crippen molar-refractivity contribution in [2.24, 2.45) is 0 Å². The summed E-state index contributed by atoms with van der Waals surface area (Å²) in [5.41, 5.74) is 1.20. The minimum atomic E-state index is 0.971. The van der Waals surface area contributed by atoms with Crippen LogP contribution in [0.2, 0.25) is 0 Å². The molecule has 15 heavy (non-hydrogen) atoms. The molecule has 0 fully saturated rings. The molecule has 0 unspecified atom stereocenters. The molecule has 1 aromatic rings. The summed E-state index contributed by atoms with van der Waals surface area (Å²) in [5, 5.41) is 8.90. The molecular formula is C14H23N. The lowest BCUT2D eigenvalue weighted by Gasteiger charge is -1.90. The van der Waals surface area contributed by atoms with Gasteiger partial charge in [0, 0.05) is 6.21 Å². The zero-order chi connectivity index (χ0) is 12.3. The molecule has 1 N–H and O–H groups in total. The predicted octanol–water partition coefficient (Wildman–Crippen LogP) is 2.89. The molecule has 0 radical (unpaired) electrons. The lowest BCUT2D eigenvalue weighted by atomic mass is 10.2. The molecule has 0 aliphatic rings. The Morgan fingerprint density at radius 3 is 2.13 bits per heavy atom. The molecule has 84 valence electrons. The molecule has 0 aromatic heterocycles. The molecule has 0 spiro atoms. The molecule has 1 aromatic carbocycles. The fourth-order valence-corrected chi connectivity index (χ4v) is 0.959. The molecule has 0 saturated carbocycles. The van der Waals surface area contributed by atoms with Crippen molar-refractivity contribution in [3.05, 3.63) is 34.2 Å². The molecule has 1 rings (SSSR count). The first kappa shape index (κ1) is 16.1. The second kappa shape index (κ2) is 10.7. The van der Waals surface area contributed by atoms with E-state index in [1.54, 1.807) is 6.08 Å². The number of rotatable bonds is 1. The molecule has 0 atom stereocenters. The van der Waals surface area contributed by atoms with Crippen LogP contribution in [0.1, 0.15) is 33.3 Å². The van der Waals surface area contributed by atoms with Crippen LogP contribution in [0, 0.1) is 12.3 Å². The molecule has 0 heterocycles. The van der Waals surface area contributed by atoms with Crippen LogP contribution in [-0.4, -0.2) is 6.21 Å². The first-order valence-electron chi connectivity index (χ1n) is 5.50. The van der Waals surface area contributed by atoms with Crippen LogP contribution in [0.3, 0.4) is 0 Å². The van der Waals surface area contributed by atoms with E-state index >= 15 is 0 Å². The van der Waals surface area contributed by atoms with Crippen molar-refractivity contribution in [2.45, 2.75) is 34.6 Å².